The molecule has 0 radical (unpaired) electrons. The number of hydrogen-bond acceptors (Lipinski definition) is 3. The zero-order chi connectivity index (χ0) is 13.3. The van der Waals surface area contributed by atoms with Gasteiger partial charge in [-0.05, 0) is 30.3 Å². The molecule has 2 aromatic rings. The van der Waals surface area contributed by atoms with Gasteiger partial charge >= 0.3 is 0 Å². The molecule has 1 aromatic carbocycles. The molecule has 0 aliphatic rings. The van der Waals surface area contributed by atoms with Crippen LogP contribution in [0.25, 0.3) is 5.69 Å². The highest BCUT2D eigenvalue weighted by molar-refractivity contribution is 7.92. The van der Waals surface area contributed by atoms with E-state index in [1.54, 1.807) is 12.1 Å². The van der Waals surface area contributed by atoms with Crippen LogP contribution in [0.1, 0.15) is 0 Å². The Balaban J connectivity index is 2.43. The smallest absolute Gasteiger partial charge is 0.232 e. The van der Waals surface area contributed by atoms with Crippen LogP contribution in [0.4, 0.5) is 11.4 Å². The SMILES string of the molecule is CN(c1ccc(-n2cccc2)cc1N)S(C)(=O)=O. The minimum atomic E-state index is -3.30. The van der Waals surface area contributed by atoms with E-state index in [4.69, 9.17) is 5.73 Å². The largest absolute Gasteiger partial charge is 0.397 e. The predicted molar refractivity (Wildman–Crippen MR) is 73.4 cm³/mol. The highest BCUT2D eigenvalue weighted by Crippen LogP contribution is 2.26. The van der Waals surface area contributed by atoms with Crippen LogP contribution in [0.15, 0.2) is 42.7 Å². The second kappa shape index (κ2) is 4.38. The van der Waals surface area contributed by atoms with Gasteiger partial charge in [-0.15, -0.1) is 0 Å². The zero-order valence-corrected chi connectivity index (χ0v) is 11.1. The van der Waals surface area contributed by atoms with E-state index in [2.05, 4.69) is 0 Å². The van der Waals surface area contributed by atoms with Gasteiger partial charge in [-0.25, -0.2) is 8.42 Å². The van der Waals surface area contributed by atoms with Crippen molar-refractivity contribution in [3.8, 4) is 5.69 Å². The van der Waals surface area contributed by atoms with Crippen molar-refractivity contribution in [1.82, 2.24) is 4.57 Å². The summed E-state index contributed by atoms with van der Waals surface area (Å²) in [6, 6.07) is 9.09. The summed E-state index contributed by atoms with van der Waals surface area (Å²) in [4.78, 5) is 0. The van der Waals surface area contributed by atoms with E-state index in [1.165, 1.54) is 11.4 Å². The van der Waals surface area contributed by atoms with Crippen LogP contribution in [0, 0.1) is 0 Å². The summed E-state index contributed by atoms with van der Waals surface area (Å²) in [7, 11) is -1.82. The number of aromatic nitrogens is 1. The minimum absolute atomic E-state index is 0.425. The Kier molecular flexibility index (Phi) is 3.04. The minimum Gasteiger partial charge on any atom is -0.397 e. The Bertz CT molecular complexity index is 648. The number of anilines is 2. The molecule has 0 fully saturated rings. The maximum Gasteiger partial charge on any atom is 0.232 e. The third kappa shape index (κ3) is 2.33. The molecule has 0 aliphatic carbocycles. The molecule has 0 amide bonds. The zero-order valence-electron chi connectivity index (χ0n) is 10.2. The van der Waals surface area contributed by atoms with Crippen LogP contribution >= 0.6 is 0 Å². The van der Waals surface area contributed by atoms with Crippen molar-refractivity contribution >= 4 is 21.4 Å². The first kappa shape index (κ1) is 12.5. The lowest BCUT2D eigenvalue weighted by Gasteiger charge is -2.19. The van der Waals surface area contributed by atoms with Gasteiger partial charge in [0.2, 0.25) is 10.0 Å². The Labute approximate surface area is 106 Å². The first-order valence-corrected chi connectivity index (χ1v) is 7.21. The molecule has 0 bridgehead atoms. The highest BCUT2D eigenvalue weighted by Gasteiger charge is 2.14. The first-order valence-electron chi connectivity index (χ1n) is 5.36. The molecule has 0 saturated heterocycles. The fourth-order valence-corrected chi connectivity index (χ4v) is 2.20. The number of sulfonamides is 1. The molecule has 0 unspecified atom stereocenters. The normalized spacial score (nSPS) is 11.4. The lowest BCUT2D eigenvalue weighted by atomic mass is 10.2. The maximum absolute atomic E-state index is 11.5. The number of nitrogens with zero attached hydrogens (tertiary/aromatic N) is 2. The molecule has 18 heavy (non-hydrogen) atoms. The highest BCUT2D eigenvalue weighted by atomic mass is 32.2. The third-order valence-electron chi connectivity index (χ3n) is 2.75. The number of hydrogen-bond donors (Lipinski definition) is 1. The van der Waals surface area contributed by atoms with Crippen molar-refractivity contribution in [3.05, 3.63) is 42.7 Å². The van der Waals surface area contributed by atoms with Gasteiger partial charge in [0.1, 0.15) is 0 Å². The molecular formula is C12H15N3O2S. The van der Waals surface area contributed by atoms with Crippen molar-refractivity contribution in [1.29, 1.82) is 0 Å². The Morgan fingerprint density at radius 3 is 2.33 bits per heavy atom. The van der Waals surface area contributed by atoms with Gasteiger partial charge in [-0.3, -0.25) is 4.31 Å². The van der Waals surface area contributed by atoms with Crippen molar-refractivity contribution in [2.75, 3.05) is 23.3 Å². The van der Waals surface area contributed by atoms with Crippen molar-refractivity contribution < 1.29 is 8.42 Å². The summed E-state index contributed by atoms with van der Waals surface area (Å²) < 4.78 is 26.0. The van der Waals surface area contributed by atoms with Crippen molar-refractivity contribution in [2.45, 2.75) is 0 Å². The number of nitrogen functional groups attached to an aromatic ring is 1. The lowest BCUT2D eigenvalue weighted by molar-refractivity contribution is 0.600. The molecule has 0 aliphatic heterocycles. The van der Waals surface area contributed by atoms with Crippen molar-refractivity contribution in [3.63, 3.8) is 0 Å². The van der Waals surface area contributed by atoms with Gasteiger partial charge < -0.3 is 10.3 Å². The number of nitrogens with two attached hydrogens (primary N) is 1. The molecule has 96 valence electrons. The van der Waals surface area contributed by atoms with Gasteiger partial charge in [0.15, 0.2) is 0 Å². The molecule has 6 heteroatoms. The molecule has 0 spiro atoms. The Hall–Kier alpha value is -1.95. The Morgan fingerprint density at radius 1 is 1.22 bits per heavy atom. The summed E-state index contributed by atoms with van der Waals surface area (Å²) >= 11 is 0. The molecule has 1 heterocycles. The molecule has 1 aromatic heterocycles. The van der Waals surface area contributed by atoms with Gasteiger partial charge in [0.25, 0.3) is 0 Å². The number of rotatable bonds is 3. The van der Waals surface area contributed by atoms with Crippen molar-refractivity contribution in [2.24, 2.45) is 0 Å². The third-order valence-corrected chi connectivity index (χ3v) is 3.94. The van der Waals surface area contributed by atoms with E-state index in [9.17, 15) is 8.42 Å². The first-order chi connectivity index (χ1) is 8.39. The maximum atomic E-state index is 11.5. The molecular weight excluding hydrogens is 250 g/mol. The Morgan fingerprint density at radius 2 is 1.83 bits per heavy atom. The van der Waals surface area contributed by atoms with Crippen LogP contribution < -0.4 is 10.0 Å². The van der Waals surface area contributed by atoms with E-state index in [0.29, 0.717) is 11.4 Å². The summed E-state index contributed by atoms with van der Waals surface area (Å²) in [5.41, 5.74) is 7.70. The fraction of sp³-hybridized carbons (Fsp3) is 0.167. The van der Waals surface area contributed by atoms with Crippen LogP contribution in [-0.2, 0) is 10.0 Å². The average molecular weight is 265 g/mol. The van der Waals surface area contributed by atoms with Gasteiger partial charge in [-0.1, -0.05) is 0 Å². The van der Waals surface area contributed by atoms with Crippen LogP contribution in [0.3, 0.4) is 0 Å². The van der Waals surface area contributed by atoms with Crippen LogP contribution in [-0.4, -0.2) is 26.3 Å². The van der Waals surface area contributed by atoms with E-state index in [0.717, 1.165) is 11.9 Å². The summed E-state index contributed by atoms with van der Waals surface area (Å²) in [5, 5.41) is 0. The molecule has 2 rings (SSSR count). The fourth-order valence-electron chi connectivity index (χ4n) is 1.67. The lowest BCUT2D eigenvalue weighted by Crippen LogP contribution is -2.25. The number of benzene rings is 1. The molecule has 0 saturated carbocycles. The topological polar surface area (TPSA) is 68.3 Å². The average Bonchev–Trinajstić information content (AvgIpc) is 2.80. The van der Waals surface area contributed by atoms with Gasteiger partial charge in [0, 0.05) is 25.1 Å². The van der Waals surface area contributed by atoms with Crippen LogP contribution in [0.2, 0.25) is 0 Å². The molecule has 2 N–H and O–H groups in total. The van der Waals surface area contributed by atoms with E-state index in [1.807, 2.05) is 35.2 Å². The standard InChI is InChI=1S/C12H15N3O2S/c1-14(18(2,16)17)12-6-5-10(9-11(12)13)15-7-3-4-8-15/h3-9H,13H2,1-2H3. The predicted octanol–water partition coefficient (Wildman–Crippen LogP) is 1.46. The van der Waals surface area contributed by atoms with Gasteiger partial charge in [-0.2, -0.15) is 0 Å². The van der Waals surface area contributed by atoms with E-state index in [-0.39, 0.29) is 0 Å². The summed E-state index contributed by atoms with van der Waals surface area (Å²) in [5.74, 6) is 0. The molecule has 0 atom stereocenters. The monoisotopic (exact) mass is 265 g/mol. The second-order valence-corrected chi connectivity index (χ2v) is 6.08. The van der Waals surface area contributed by atoms with E-state index < -0.39 is 10.0 Å². The molecule has 5 nitrogen and oxygen atoms in total. The summed E-state index contributed by atoms with van der Waals surface area (Å²) in [6.45, 7) is 0. The van der Waals surface area contributed by atoms with Gasteiger partial charge in [0.05, 0.1) is 17.6 Å². The quantitative estimate of drug-likeness (QED) is 0.854. The van der Waals surface area contributed by atoms with E-state index >= 15 is 0 Å². The van der Waals surface area contributed by atoms with Crippen LogP contribution in [0.5, 0.6) is 0 Å². The second-order valence-electron chi connectivity index (χ2n) is 4.06. The summed E-state index contributed by atoms with van der Waals surface area (Å²) in [6.07, 6.45) is 4.94.